The van der Waals surface area contributed by atoms with Gasteiger partial charge in [-0.15, -0.1) is 0 Å². The van der Waals surface area contributed by atoms with E-state index >= 15 is 0 Å². The normalized spacial score (nSPS) is 12.3. The van der Waals surface area contributed by atoms with Gasteiger partial charge in [0.2, 0.25) is 0 Å². The third-order valence-corrected chi connectivity index (χ3v) is 3.73. The van der Waals surface area contributed by atoms with Gasteiger partial charge in [0.05, 0.1) is 5.52 Å². The largest absolute Gasteiger partial charge is 0.363 e. The van der Waals surface area contributed by atoms with E-state index in [1.165, 1.54) is 11.1 Å². The maximum absolute atomic E-state index is 5.91. The van der Waals surface area contributed by atoms with Crippen molar-refractivity contribution in [2.45, 2.75) is 26.8 Å². The van der Waals surface area contributed by atoms with Gasteiger partial charge in [-0.25, -0.2) is 9.97 Å². The van der Waals surface area contributed by atoms with Crippen molar-refractivity contribution in [3.63, 3.8) is 0 Å². The summed E-state index contributed by atoms with van der Waals surface area (Å²) in [6.45, 7) is 6.13. The Bertz CT molecular complexity index is 830. The lowest BCUT2D eigenvalue weighted by Gasteiger charge is -2.17. The summed E-state index contributed by atoms with van der Waals surface area (Å²) in [7, 11) is 5.91. The number of anilines is 1. The highest BCUT2D eigenvalue weighted by atomic mass is 15.0. The second-order valence-corrected chi connectivity index (χ2v) is 5.68. The van der Waals surface area contributed by atoms with Crippen molar-refractivity contribution in [1.29, 1.82) is 0 Å². The summed E-state index contributed by atoms with van der Waals surface area (Å²) in [6.07, 6.45) is 0. The van der Waals surface area contributed by atoms with Crippen LogP contribution in [0.1, 0.15) is 29.9 Å². The van der Waals surface area contributed by atoms with E-state index in [0.717, 1.165) is 22.5 Å². The van der Waals surface area contributed by atoms with Crippen LogP contribution < -0.4 is 10.8 Å². The van der Waals surface area contributed by atoms with Crippen molar-refractivity contribution in [3.8, 4) is 0 Å². The molecule has 22 heavy (non-hydrogen) atoms. The monoisotopic (exact) mass is 287 g/mol. The minimum Gasteiger partial charge on any atom is -0.363 e. The van der Waals surface area contributed by atoms with E-state index in [2.05, 4.69) is 53.4 Å². The van der Waals surface area contributed by atoms with Crippen LogP contribution in [0, 0.1) is 13.8 Å². The average Bonchev–Trinajstić information content (AvgIpc) is 2.48. The van der Waals surface area contributed by atoms with Crippen molar-refractivity contribution in [1.82, 2.24) is 9.97 Å². The first-order chi connectivity index (χ1) is 10.5. The number of benzene rings is 2. The first-order valence-electron chi connectivity index (χ1n) is 7.40. The van der Waals surface area contributed by atoms with Gasteiger partial charge in [0.15, 0.2) is 0 Å². The maximum Gasteiger partial charge on any atom is 0.138 e. The van der Waals surface area contributed by atoms with Crippen molar-refractivity contribution in [2.75, 3.05) is 5.32 Å². The lowest BCUT2D eigenvalue weighted by atomic mass is 9.95. The molecule has 0 amide bonds. The van der Waals surface area contributed by atoms with E-state index in [1.807, 2.05) is 25.1 Å². The fourth-order valence-corrected chi connectivity index (χ4v) is 2.60. The molecule has 0 spiro atoms. The second-order valence-electron chi connectivity index (χ2n) is 5.68. The summed E-state index contributed by atoms with van der Waals surface area (Å²) in [4.78, 5) is 9.02. The Morgan fingerprint density at radius 2 is 1.86 bits per heavy atom. The fraction of sp³-hybridized carbons (Fsp3) is 0.222. The molecule has 0 saturated carbocycles. The minimum atomic E-state index is 0.152. The predicted molar refractivity (Wildman–Crippen MR) is 92.9 cm³/mol. The predicted octanol–water partition coefficient (Wildman–Crippen LogP) is 3.21. The van der Waals surface area contributed by atoms with Gasteiger partial charge in [-0.2, -0.15) is 0 Å². The summed E-state index contributed by atoms with van der Waals surface area (Å²) < 4.78 is 0. The smallest absolute Gasteiger partial charge is 0.138 e. The number of rotatable bonds is 3. The average molecular weight is 287 g/mol. The standard InChI is InChI=1S/C18H18BN3/c1-11-5-4-6-14(9-11)12(2)20-18-16-10-15(19)7-8-17(16)21-13(3)22-18/h4-10,12H,1-3H3,(H,20,21,22)/t12-/m1/s1. The van der Waals surface area contributed by atoms with E-state index in [9.17, 15) is 0 Å². The molecule has 2 aromatic carbocycles. The van der Waals surface area contributed by atoms with Crippen LogP contribution >= 0.6 is 0 Å². The Hall–Kier alpha value is -2.36. The Balaban J connectivity index is 2.01. The van der Waals surface area contributed by atoms with Crippen LogP contribution in [-0.4, -0.2) is 17.8 Å². The van der Waals surface area contributed by atoms with E-state index in [0.29, 0.717) is 5.46 Å². The Morgan fingerprint density at radius 3 is 2.64 bits per heavy atom. The van der Waals surface area contributed by atoms with Crippen molar-refractivity contribution in [3.05, 3.63) is 59.4 Å². The van der Waals surface area contributed by atoms with E-state index in [-0.39, 0.29) is 6.04 Å². The van der Waals surface area contributed by atoms with Gasteiger partial charge in [-0.05, 0) is 32.4 Å². The summed E-state index contributed by atoms with van der Waals surface area (Å²) in [6, 6.07) is 14.3. The van der Waals surface area contributed by atoms with Gasteiger partial charge < -0.3 is 5.32 Å². The van der Waals surface area contributed by atoms with Gasteiger partial charge in [0.1, 0.15) is 19.5 Å². The molecular weight excluding hydrogens is 269 g/mol. The van der Waals surface area contributed by atoms with Gasteiger partial charge >= 0.3 is 0 Å². The van der Waals surface area contributed by atoms with Gasteiger partial charge in [0, 0.05) is 11.4 Å². The minimum absolute atomic E-state index is 0.152. The topological polar surface area (TPSA) is 37.8 Å². The molecule has 1 aromatic heterocycles. The molecule has 3 nitrogen and oxygen atoms in total. The highest BCUT2D eigenvalue weighted by Crippen LogP contribution is 2.24. The number of nitrogens with one attached hydrogen (secondary N) is 1. The molecule has 3 aromatic rings. The molecule has 0 unspecified atom stereocenters. The van der Waals surface area contributed by atoms with Crippen molar-refractivity contribution >= 4 is 30.0 Å². The van der Waals surface area contributed by atoms with Gasteiger partial charge in [-0.1, -0.05) is 47.4 Å². The first-order valence-corrected chi connectivity index (χ1v) is 7.40. The van der Waals surface area contributed by atoms with Crippen LogP contribution in [0.15, 0.2) is 42.5 Å². The summed E-state index contributed by atoms with van der Waals surface area (Å²) >= 11 is 0. The summed E-state index contributed by atoms with van der Waals surface area (Å²) in [5.41, 5.74) is 4.10. The number of fused-ring (bicyclic) bond motifs is 1. The molecule has 0 fully saturated rings. The molecule has 0 saturated heterocycles. The number of nitrogens with zero attached hydrogens (tertiary/aromatic N) is 2. The quantitative estimate of drug-likeness (QED) is 0.752. The second kappa shape index (κ2) is 5.80. The zero-order valence-corrected chi connectivity index (χ0v) is 13.1. The molecule has 1 N–H and O–H groups in total. The van der Waals surface area contributed by atoms with Crippen molar-refractivity contribution in [2.24, 2.45) is 0 Å². The zero-order chi connectivity index (χ0) is 15.7. The van der Waals surface area contributed by atoms with E-state index in [4.69, 9.17) is 7.85 Å². The Labute approximate surface area is 132 Å². The molecule has 3 rings (SSSR count). The number of hydrogen-bond donors (Lipinski definition) is 1. The number of hydrogen-bond acceptors (Lipinski definition) is 3. The first kappa shape index (κ1) is 14.6. The van der Waals surface area contributed by atoms with E-state index in [1.54, 1.807) is 0 Å². The maximum atomic E-state index is 5.91. The van der Waals surface area contributed by atoms with Crippen LogP contribution in [0.25, 0.3) is 10.9 Å². The third-order valence-electron chi connectivity index (χ3n) is 3.73. The molecule has 4 heteroatoms. The lowest BCUT2D eigenvalue weighted by Crippen LogP contribution is -2.11. The summed E-state index contributed by atoms with van der Waals surface area (Å²) in [5, 5.41) is 4.44. The fourth-order valence-electron chi connectivity index (χ4n) is 2.60. The Kier molecular flexibility index (Phi) is 3.84. The van der Waals surface area contributed by atoms with Crippen LogP contribution in [-0.2, 0) is 0 Å². The SMILES string of the molecule is [B]c1ccc2nc(C)nc(N[C@H](C)c3cccc(C)c3)c2c1. The molecule has 0 aliphatic heterocycles. The molecule has 0 aliphatic rings. The lowest BCUT2D eigenvalue weighted by molar-refractivity contribution is 0.870. The number of aromatic nitrogens is 2. The Morgan fingerprint density at radius 1 is 1.05 bits per heavy atom. The van der Waals surface area contributed by atoms with Crippen LogP contribution in [0.4, 0.5) is 5.82 Å². The molecule has 1 atom stereocenters. The molecule has 2 radical (unpaired) electrons. The van der Waals surface area contributed by atoms with Gasteiger partial charge in [0.25, 0.3) is 0 Å². The van der Waals surface area contributed by atoms with Crippen LogP contribution in [0.3, 0.4) is 0 Å². The number of aryl methyl sites for hydroxylation is 2. The molecule has 0 aliphatic carbocycles. The molecule has 0 bridgehead atoms. The highest BCUT2D eigenvalue weighted by molar-refractivity contribution is 6.33. The van der Waals surface area contributed by atoms with Crippen molar-refractivity contribution < 1.29 is 0 Å². The molecule has 108 valence electrons. The van der Waals surface area contributed by atoms with Crippen LogP contribution in [0.5, 0.6) is 0 Å². The third kappa shape index (κ3) is 2.96. The zero-order valence-electron chi connectivity index (χ0n) is 13.1. The highest BCUT2D eigenvalue weighted by Gasteiger charge is 2.10. The summed E-state index contributed by atoms with van der Waals surface area (Å²) in [5.74, 6) is 1.57. The molecular formula is C18H18BN3. The van der Waals surface area contributed by atoms with Crippen LogP contribution in [0.2, 0.25) is 0 Å². The molecule has 1 heterocycles. The van der Waals surface area contributed by atoms with E-state index < -0.39 is 0 Å². The van der Waals surface area contributed by atoms with Gasteiger partial charge in [-0.3, -0.25) is 0 Å².